The van der Waals surface area contributed by atoms with Crippen molar-refractivity contribution >= 4 is 50.5 Å². The van der Waals surface area contributed by atoms with Crippen LogP contribution < -0.4 is 0 Å². The number of halogens is 1. The summed E-state index contributed by atoms with van der Waals surface area (Å²) in [6, 6.07) is 46.3. The topological polar surface area (TPSA) is 0 Å². The fourth-order valence-electron chi connectivity index (χ4n) is 7.01. The van der Waals surface area contributed by atoms with Gasteiger partial charge >= 0.3 is 0 Å². The second kappa shape index (κ2) is 9.92. The molecule has 2 heterocycles. The van der Waals surface area contributed by atoms with Crippen LogP contribution >= 0.6 is 34.7 Å². The lowest BCUT2D eigenvalue weighted by Crippen LogP contribution is -2.40. The highest BCUT2D eigenvalue weighted by atomic mass is 35.5. The first-order valence-electron chi connectivity index (χ1n) is 13.8. The molecule has 0 spiro atoms. The number of fused-ring (bicyclic) bond motifs is 3. The van der Waals surface area contributed by atoms with E-state index >= 15 is 0 Å². The summed E-state index contributed by atoms with van der Waals surface area (Å²) in [6.45, 7) is 0. The Morgan fingerprint density at radius 1 is 0.585 bits per heavy atom. The maximum absolute atomic E-state index is 7.66. The molecule has 2 aliphatic rings. The first-order chi connectivity index (χ1) is 20.3. The fraction of sp³-hybridized carbons (Fsp3) is 0.0526. The molecule has 0 saturated heterocycles. The second-order valence-electron chi connectivity index (χ2n) is 10.5. The Morgan fingerprint density at radius 3 is 1.78 bits per heavy atom. The van der Waals surface area contributed by atoms with Crippen LogP contribution in [0.2, 0.25) is 0 Å². The van der Waals surface area contributed by atoms with Gasteiger partial charge in [-0.3, -0.25) is 0 Å². The van der Waals surface area contributed by atoms with Gasteiger partial charge in [-0.25, -0.2) is 0 Å². The average molecular weight is 581 g/mol. The molecule has 0 nitrogen and oxygen atoms in total. The Balaban J connectivity index is 1.69. The molecule has 0 fully saturated rings. The van der Waals surface area contributed by atoms with Crippen LogP contribution in [0.3, 0.4) is 0 Å². The van der Waals surface area contributed by atoms with Crippen molar-refractivity contribution in [3.05, 3.63) is 171 Å². The first kappa shape index (κ1) is 24.9. The van der Waals surface area contributed by atoms with Gasteiger partial charge in [0.15, 0.2) is 0 Å². The van der Waals surface area contributed by atoms with Crippen molar-refractivity contribution in [3.8, 4) is 21.6 Å². The Morgan fingerprint density at radius 2 is 1.17 bits per heavy atom. The number of hydrogen-bond donors (Lipinski definition) is 0. The summed E-state index contributed by atoms with van der Waals surface area (Å²) >= 11 is 11.2. The van der Waals surface area contributed by atoms with E-state index in [0.29, 0.717) is 0 Å². The SMILES string of the molecule is ClC1=C2SC=C[C@@H]2C(c2ccccc2)(c2ccccc2)c2c1c(-c1ccccc1)c1ccccc1c2-c1cccs1. The largest absolute Gasteiger partial charge is 0.144 e. The van der Waals surface area contributed by atoms with E-state index in [1.807, 2.05) is 0 Å². The van der Waals surface area contributed by atoms with Crippen molar-refractivity contribution < 1.29 is 0 Å². The van der Waals surface area contributed by atoms with E-state index in [2.05, 4.69) is 144 Å². The quantitative estimate of drug-likeness (QED) is 0.200. The molecule has 196 valence electrons. The Kier molecular flexibility index (Phi) is 6.03. The number of thiophene rings is 1. The zero-order valence-corrected chi connectivity index (χ0v) is 24.5. The maximum Gasteiger partial charge on any atom is 0.0593 e. The van der Waals surface area contributed by atoms with Gasteiger partial charge in [-0.15, -0.1) is 23.1 Å². The minimum Gasteiger partial charge on any atom is -0.144 e. The number of rotatable bonds is 4. The summed E-state index contributed by atoms with van der Waals surface area (Å²) in [7, 11) is 0. The lowest BCUT2D eigenvalue weighted by Gasteiger charge is -2.47. The van der Waals surface area contributed by atoms with E-state index < -0.39 is 5.41 Å². The normalized spacial score (nSPS) is 17.0. The van der Waals surface area contributed by atoms with E-state index in [-0.39, 0.29) is 5.92 Å². The summed E-state index contributed by atoms with van der Waals surface area (Å²) in [5.41, 5.74) is 8.17. The molecule has 41 heavy (non-hydrogen) atoms. The van der Waals surface area contributed by atoms with Gasteiger partial charge in [0.1, 0.15) is 0 Å². The predicted octanol–water partition coefficient (Wildman–Crippen LogP) is 11.4. The zero-order valence-electron chi connectivity index (χ0n) is 22.1. The Hall–Kier alpha value is -3.82. The standard InChI is InChI=1S/C38H25ClS2/c39-36-34-32(25-13-4-1-5-14-25)28-19-10-11-20-29(28)33(31-21-12-23-40-31)35(34)38(26-15-6-2-7-16-26,27-17-8-3-9-18-27)30-22-24-41-37(30)36/h1-24,30H/t30-/m0/s1. The van der Waals surface area contributed by atoms with Gasteiger partial charge in [-0.2, -0.15) is 0 Å². The summed E-state index contributed by atoms with van der Waals surface area (Å²) < 4.78 is 0. The van der Waals surface area contributed by atoms with Crippen LogP contribution in [-0.2, 0) is 5.41 Å². The van der Waals surface area contributed by atoms with E-state index in [9.17, 15) is 0 Å². The molecule has 0 N–H and O–H groups in total. The third-order valence-corrected chi connectivity index (χ3v) is 10.9. The minimum atomic E-state index is -0.488. The average Bonchev–Trinajstić information content (AvgIpc) is 3.76. The lowest BCUT2D eigenvalue weighted by molar-refractivity contribution is 0.517. The highest BCUT2D eigenvalue weighted by molar-refractivity contribution is 8.06. The number of allylic oxidation sites excluding steroid dienone is 2. The van der Waals surface area contributed by atoms with Crippen LogP contribution in [0, 0.1) is 5.92 Å². The van der Waals surface area contributed by atoms with Crippen LogP contribution in [0.5, 0.6) is 0 Å². The summed E-state index contributed by atoms with van der Waals surface area (Å²) in [6.07, 6.45) is 2.38. The van der Waals surface area contributed by atoms with Gasteiger partial charge in [0.05, 0.1) is 10.4 Å². The highest BCUT2D eigenvalue weighted by Crippen LogP contribution is 2.64. The van der Waals surface area contributed by atoms with Crippen molar-refractivity contribution in [2.24, 2.45) is 5.92 Å². The molecule has 6 aromatic rings. The van der Waals surface area contributed by atoms with Crippen molar-refractivity contribution in [1.29, 1.82) is 0 Å². The van der Waals surface area contributed by atoms with Crippen LogP contribution in [0.15, 0.2) is 149 Å². The van der Waals surface area contributed by atoms with Gasteiger partial charge in [0.25, 0.3) is 0 Å². The monoisotopic (exact) mass is 580 g/mol. The van der Waals surface area contributed by atoms with Crippen LogP contribution in [-0.4, -0.2) is 0 Å². The summed E-state index contributed by atoms with van der Waals surface area (Å²) in [4.78, 5) is 2.48. The smallest absolute Gasteiger partial charge is 0.0593 e. The van der Waals surface area contributed by atoms with Crippen molar-refractivity contribution in [1.82, 2.24) is 0 Å². The lowest BCUT2D eigenvalue weighted by atomic mass is 9.56. The molecule has 1 aliphatic heterocycles. The van der Waals surface area contributed by atoms with Gasteiger partial charge in [0, 0.05) is 26.8 Å². The Labute approximate surface area is 253 Å². The molecule has 1 aliphatic carbocycles. The van der Waals surface area contributed by atoms with Gasteiger partial charge in [-0.05, 0) is 55.4 Å². The molecule has 8 rings (SSSR count). The van der Waals surface area contributed by atoms with Gasteiger partial charge < -0.3 is 0 Å². The third kappa shape index (κ3) is 3.61. The second-order valence-corrected chi connectivity index (χ2v) is 12.8. The third-order valence-electron chi connectivity index (χ3n) is 8.55. The van der Waals surface area contributed by atoms with Crippen molar-refractivity contribution in [2.45, 2.75) is 5.41 Å². The first-order valence-corrected chi connectivity index (χ1v) is 16.0. The van der Waals surface area contributed by atoms with Gasteiger partial charge in [0.2, 0.25) is 0 Å². The fourth-order valence-corrected chi connectivity index (χ4v) is 9.23. The van der Waals surface area contributed by atoms with Crippen LogP contribution in [0.4, 0.5) is 0 Å². The van der Waals surface area contributed by atoms with Crippen molar-refractivity contribution in [2.75, 3.05) is 0 Å². The minimum absolute atomic E-state index is 0.0702. The number of hydrogen-bond acceptors (Lipinski definition) is 2. The van der Waals surface area contributed by atoms with Crippen LogP contribution in [0.25, 0.3) is 37.4 Å². The Bertz CT molecular complexity index is 1910. The molecule has 0 bridgehead atoms. The summed E-state index contributed by atoms with van der Waals surface area (Å²) in [5.74, 6) is 0.0702. The maximum atomic E-state index is 7.66. The molecule has 5 aromatic carbocycles. The molecular formula is C38H25ClS2. The van der Waals surface area contributed by atoms with Crippen molar-refractivity contribution in [3.63, 3.8) is 0 Å². The highest BCUT2D eigenvalue weighted by Gasteiger charge is 2.53. The molecule has 0 radical (unpaired) electrons. The van der Waals surface area contributed by atoms with Crippen LogP contribution in [0.1, 0.15) is 22.3 Å². The number of benzene rings is 5. The summed E-state index contributed by atoms with van der Waals surface area (Å²) in [5, 5.41) is 7.77. The number of thioether (sulfide) groups is 1. The van der Waals surface area contributed by atoms with Gasteiger partial charge in [-0.1, -0.05) is 139 Å². The molecule has 0 amide bonds. The van der Waals surface area contributed by atoms with E-state index in [1.54, 1.807) is 23.1 Å². The molecule has 0 unspecified atom stereocenters. The molecular weight excluding hydrogens is 556 g/mol. The van der Waals surface area contributed by atoms with E-state index in [4.69, 9.17) is 11.6 Å². The molecule has 1 atom stereocenters. The molecule has 1 aromatic heterocycles. The molecule has 3 heteroatoms. The van der Waals surface area contributed by atoms with E-state index in [1.165, 1.54) is 53.9 Å². The van der Waals surface area contributed by atoms with E-state index in [0.717, 1.165) is 10.6 Å². The predicted molar refractivity (Wildman–Crippen MR) is 178 cm³/mol. The molecule has 0 saturated carbocycles. The zero-order chi connectivity index (χ0) is 27.4.